The van der Waals surface area contributed by atoms with Crippen molar-refractivity contribution in [3.8, 4) is 0 Å². The second kappa shape index (κ2) is 10.5. The second-order valence-corrected chi connectivity index (χ2v) is 10.3. The standard InChI is InChI=1S/C22H26ClN3O6S/c1-16(2)20-14-24(22(27)32-15-17-8-4-3-5-9-17)18(12-23)13-25(20)33(30,31)21-11-7-6-10-19(21)26(28)29/h3-11,16,18,20H,12-15H2,1-2H3/t18-,20+/m0/s1. The molecule has 0 spiro atoms. The molecule has 1 heterocycles. The van der Waals surface area contributed by atoms with Crippen LogP contribution in [0, 0.1) is 16.0 Å². The van der Waals surface area contributed by atoms with Crippen LogP contribution in [0.15, 0.2) is 59.5 Å². The van der Waals surface area contributed by atoms with Crippen LogP contribution in [0.4, 0.5) is 10.5 Å². The number of alkyl halides is 1. The lowest BCUT2D eigenvalue weighted by Crippen LogP contribution is -2.63. The van der Waals surface area contributed by atoms with Crippen LogP contribution in [0.3, 0.4) is 0 Å². The number of amides is 1. The van der Waals surface area contributed by atoms with E-state index in [0.717, 1.165) is 11.6 Å². The molecule has 1 amide bonds. The Kier molecular flexibility index (Phi) is 7.93. The van der Waals surface area contributed by atoms with Crippen molar-refractivity contribution in [1.29, 1.82) is 0 Å². The highest BCUT2D eigenvalue weighted by molar-refractivity contribution is 7.89. The summed E-state index contributed by atoms with van der Waals surface area (Å²) >= 11 is 6.13. The normalized spacial score (nSPS) is 19.5. The fraction of sp³-hybridized carbons (Fsp3) is 0.409. The summed E-state index contributed by atoms with van der Waals surface area (Å²) in [6, 6.07) is 13.2. The van der Waals surface area contributed by atoms with Gasteiger partial charge in [-0.05, 0) is 17.5 Å². The minimum Gasteiger partial charge on any atom is -0.445 e. The molecule has 0 saturated carbocycles. The van der Waals surface area contributed by atoms with Crippen molar-refractivity contribution in [2.75, 3.05) is 19.0 Å². The minimum atomic E-state index is -4.23. The number of piperazine rings is 1. The SMILES string of the molecule is CC(C)[C@H]1CN(C(=O)OCc2ccccc2)[C@@H](CCl)CN1S(=O)(=O)c1ccccc1[N+](=O)[O-]. The van der Waals surface area contributed by atoms with Gasteiger partial charge in [0, 0.05) is 31.1 Å². The number of carbonyl (C=O) groups excluding carboxylic acids is 1. The number of nitrogens with zero attached hydrogens (tertiary/aromatic N) is 3. The first-order valence-corrected chi connectivity index (χ1v) is 12.4. The van der Waals surface area contributed by atoms with Gasteiger partial charge in [0.1, 0.15) is 6.61 Å². The van der Waals surface area contributed by atoms with Crippen molar-refractivity contribution in [2.24, 2.45) is 5.92 Å². The van der Waals surface area contributed by atoms with Crippen molar-refractivity contribution in [3.63, 3.8) is 0 Å². The van der Waals surface area contributed by atoms with Gasteiger partial charge in [0.25, 0.3) is 5.69 Å². The Hall–Kier alpha value is -2.69. The Labute approximate surface area is 198 Å². The molecule has 178 valence electrons. The zero-order valence-electron chi connectivity index (χ0n) is 18.3. The van der Waals surface area contributed by atoms with Crippen molar-refractivity contribution in [3.05, 3.63) is 70.3 Å². The predicted molar refractivity (Wildman–Crippen MR) is 123 cm³/mol. The van der Waals surface area contributed by atoms with Crippen LogP contribution in [-0.2, 0) is 21.4 Å². The predicted octanol–water partition coefficient (Wildman–Crippen LogP) is 3.87. The number of para-hydroxylation sites is 1. The van der Waals surface area contributed by atoms with Gasteiger partial charge >= 0.3 is 6.09 Å². The largest absolute Gasteiger partial charge is 0.445 e. The lowest BCUT2D eigenvalue weighted by Gasteiger charge is -2.45. The van der Waals surface area contributed by atoms with Gasteiger partial charge in [-0.1, -0.05) is 56.3 Å². The van der Waals surface area contributed by atoms with Crippen LogP contribution in [0.5, 0.6) is 0 Å². The maximum Gasteiger partial charge on any atom is 0.410 e. The summed E-state index contributed by atoms with van der Waals surface area (Å²) in [5.74, 6) is -0.197. The van der Waals surface area contributed by atoms with E-state index in [4.69, 9.17) is 16.3 Å². The van der Waals surface area contributed by atoms with Crippen LogP contribution in [0.25, 0.3) is 0 Å². The molecule has 1 fully saturated rings. The lowest BCUT2D eigenvalue weighted by molar-refractivity contribution is -0.387. The van der Waals surface area contributed by atoms with Crippen LogP contribution in [-0.4, -0.2) is 59.7 Å². The molecule has 0 N–H and O–H groups in total. The Bertz CT molecular complexity index is 1100. The van der Waals surface area contributed by atoms with Crippen LogP contribution < -0.4 is 0 Å². The van der Waals surface area contributed by atoms with Crippen molar-refractivity contribution in [1.82, 2.24) is 9.21 Å². The summed E-state index contributed by atoms with van der Waals surface area (Å²) < 4.78 is 33.7. The Morgan fingerprint density at radius 2 is 1.79 bits per heavy atom. The number of hydrogen-bond acceptors (Lipinski definition) is 6. The first-order chi connectivity index (χ1) is 15.7. The number of carbonyl (C=O) groups is 1. The van der Waals surface area contributed by atoms with Gasteiger partial charge in [-0.25, -0.2) is 13.2 Å². The molecule has 0 radical (unpaired) electrons. The van der Waals surface area contributed by atoms with E-state index in [1.54, 1.807) is 0 Å². The number of sulfonamides is 1. The van der Waals surface area contributed by atoms with Gasteiger partial charge in [0.2, 0.25) is 10.0 Å². The third kappa shape index (κ3) is 5.45. The highest BCUT2D eigenvalue weighted by Crippen LogP contribution is 2.32. The lowest BCUT2D eigenvalue weighted by atomic mass is 10.00. The Morgan fingerprint density at radius 3 is 2.39 bits per heavy atom. The van der Waals surface area contributed by atoms with Crippen LogP contribution in [0.2, 0.25) is 0 Å². The fourth-order valence-electron chi connectivity index (χ4n) is 3.81. The van der Waals surface area contributed by atoms with Gasteiger partial charge in [0.05, 0.1) is 11.0 Å². The van der Waals surface area contributed by atoms with Gasteiger partial charge in [-0.2, -0.15) is 4.31 Å². The van der Waals surface area contributed by atoms with E-state index >= 15 is 0 Å². The van der Waals surface area contributed by atoms with E-state index in [1.165, 1.54) is 27.4 Å². The highest BCUT2D eigenvalue weighted by atomic mass is 35.5. The van der Waals surface area contributed by atoms with Gasteiger partial charge in [-0.3, -0.25) is 10.1 Å². The number of nitro groups is 1. The monoisotopic (exact) mass is 495 g/mol. The summed E-state index contributed by atoms with van der Waals surface area (Å²) in [7, 11) is -4.23. The zero-order chi connectivity index (χ0) is 24.2. The van der Waals surface area contributed by atoms with E-state index in [2.05, 4.69) is 0 Å². The maximum atomic E-state index is 13.5. The number of nitro benzene ring substituents is 1. The Morgan fingerprint density at radius 1 is 1.15 bits per heavy atom. The van der Waals surface area contributed by atoms with Crippen molar-refractivity contribution < 1.29 is 22.9 Å². The fourth-order valence-corrected chi connectivity index (χ4v) is 6.02. The summed E-state index contributed by atoms with van der Waals surface area (Å²) in [5.41, 5.74) is 0.332. The molecule has 1 aliphatic rings. The molecule has 9 nitrogen and oxygen atoms in total. The summed E-state index contributed by atoms with van der Waals surface area (Å²) in [4.78, 5) is 24.7. The second-order valence-electron chi connectivity index (χ2n) is 8.11. The van der Waals surface area contributed by atoms with Gasteiger partial charge in [-0.15, -0.1) is 11.6 Å². The summed E-state index contributed by atoms with van der Waals surface area (Å²) in [6.07, 6.45) is -0.585. The topological polar surface area (TPSA) is 110 Å². The van der Waals surface area contributed by atoms with Gasteiger partial charge < -0.3 is 9.64 Å². The first kappa shape index (κ1) is 24.9. The van der Waals surface area contributed by atoms with E-state index < -0.39 is 38.8 Å². The van der Waals surface area contributed by atoms with Gasteiger partial charge in [0.15, 0.2) is 4.90 Å². The molecular weight excluding hydrogens is 470 g/mol. The van der Waals surface area contributed by atoms with E-state index in [0.29, 0.717) is 0 Å². The first-order valence-electron chi connectivity index (χ1n) is 10.4. The summed E-state index contributed by atoms with van der Waals surface area (Å²) in [5, 5.41) is 11.4. The molecule has 2 aromatic rings. The molecular formula is C22H26ClN3O6S. The smallest absolute Gasteiger partial charge is 0.410 e. The van der Waals surface area contributed by atoms with Crippen molar-refractivity contribution in [2.45, 2.75) is 37.4 Å². The highest BCUT2D eigenvalue weighted by Gasteiger charge is 2.45. The third-order valence-electron chi connectivity index (χ3n) is 5.62. The van der Waals surface area contributed by atoms with Crippen molar-refractivity contribution >= 4 is 33.4 Å². The summed E-state index contributed by atoms with van der Waals surface area (Å²) in [6.45, 7) is 3.71. The average molecular weight is 496 g/mol. The minimum absolute atomic E-state index is 0.0197. The molecule has 33 heavy (non-hydrogen) atoms. The number of hydrogen-bond donors (Lipinski definition) is 0. The molecule has 0 aromatic heterocycles. The average Bonchev–Trinajstić information content (AvgIpc) is 2.82. The molecule has 1 saturated heterocycles. The molecule has 2 aromatic carbocycles. The Balaban J connectivity index is 1.87. The molecule has 1 aliphatic heterocycles. The number of benzene rings is 2. The number of ether oxygens (including phenoxy) is 1. The van der Waals surface area contributed by atoms with Crippen LogP contribution in [0.1, 0.15) is 19.4 Å². The third-order valence-corrected chi connectivity index (χ3v) is 7.92. The molecule has 0 bridgehead atoms. The number of rotatable bonds is 7. The zero-order valence-corrected chi connectivity index (χ0v) is 19.9. The molecule has 2 atom stereocenters. The molecule has 0 unspecified atom stereocenters. The quantitative estimate of drug-likeness (QED) is 0.327. The molecule has 0 aliphatic carbocycles. The van der Waals surface area contributed by atoms with Crippen LogP contribution >= 0.6 is 11.6 Å². The molecule has 11 heteroatoms. The van der Waals surface area contributed by atoms with E-state index in [1.807, 2.05) is 44.2 Å². The number of halogens is 1. The van der Waals surface area contributed by atoms with E-state index in [-0.39, 0.29) is 36.4 Å². The van der Waals surface area contributed by atoms with E-state index in [9.17, 15) is 23.3 Å². The molecule has 3 rings (SSSR count). The maximum absolute atomic E-state index is 13.5.